The molecule has 2 heterocycles. The van der Waals surface area contributed by atoms with Crippen molar-refractivity contribution in [3.8, 4) is 5.69 Å². The van der Waals surface area contributed by atoms with Crippen molar-refractivity contribution in [2.45, 2.75) is 25.7 Å². The molecule has 0 bridgehead atoms. The molecule has 1 fully saturated rings. The highest BCUT2D eigenvalue weighted by Gasteiger charge is 2.16. The van der Waals surface area contributed by atoms with E-state index >= 15 is 0 Å². The summed E-state index contributed by atoms with van der Waals surface area (Å²) < 4.78 is 14.8. The number of halogens is 1. The lowest BCUT2D eigenvalue weighted by molar-refractivity contribution is 0.625. The first kappa shape index (κ1) is 12.9. The summed E-state index contributed by atoms with van der Waals surface area (Å²) in [7, 11) is 0. The quantitative estimate of drug-likeness (QED) is 0.914. The fourth-order valence-electron chi connectivity index (χ4n) is 2.52. The number of nitrogens with two attached hydrogens (primary N) is 1. The molecule has 106 valence electrons. The normalized spacial score (nSPS) is 16.1. The minimum absolute atomic E-state index is 0.287. The SMILES string of the molecule is Nc1nc(N2CCCCCC2)nn1-c1cccc(F)c1. The van der Waals surface area contributed by atoms with Crippen LogP contribution < -0.4 is 10.6 Å². The van der Waals surface area contributed by atoms with E-state index in [0.717, 1.165) is 25.9 Å². The number of nitrogen functional groups attached to an aromatic ring is 1. The predicted molar refractivity (Wildman–Crippen MR) is 76.4 cm³/mol. The Kier molecular flexibility index (Phi) is 3.54. The second-order valence-electron chi connectivity index (χ2n) is 5.06. The second kappa shape index (κ2) is 5.48. The van der Waals surface area contributed by atoms with E-state index in [2.05, 4.69) is 15.0 Å². The van der Waals surface area contributed by atoms with E-state index in [4.69, 9.17) is 5.73 Å². The number of hydrogen-bond acceptors (Lipinski definition) is 4. The van der Waals surface area contributed by atoms with E-state index in [1.165, 1.54) is 29.7 Å². The van der Waals surface area contributed by atoms with Crippen molar-refractivity contribution < 1.29 is 4.39 Å². The third-order valence-corrected chi connectivity index (χ3v) is 3.56. The predicted octanol–water partition coefficient (Wildman–Crippen LogP) is 2.37. The molecule has 20 heavy (non-hydrogen) atoms. The topological polar surface area (TPSA) is 60.0 Å². The minimum atomic E-state index is -0.311. The number of rotatable bonds is 2. The van der Waals surface area contributed by atoms with Crippen LogP contribution in [0.1, 0.15) is 25.7 Å². The first-order chi connectivity index (χ1) is 9.74. The van der Waals surface area contributed by atoms with Gasteiger partial charge in [-0.1, -0.05) is 18.9 Å². The van der Waals surface area contributed by atoms with E-state index in [0.29, 0.717) is 11.6 Å². The van der Waals surface area contributed by atoms with Crippen molar-refractivity contribution in [3.05, 3.63) is 30.1 Å². The zero-order chi connectivity index (χ0) is 13.9. The van der Waals surface area contributed by atoms with Crippen LogP contribution in [0.2, 0.25) is 0 Å². The summed E-state index contributed by atoms with van der Waals surface area (Å²) in [6.07, 6.45) is 4.79. The lowest BCUT2D eigenvalue weighted by Crippen LogP contribution is -2.25. The third-order valence-electron chi connectivity index (χ3n) is 3.56. The number of hydrogen-bond donors (Lipinski definition) is 1. The molecule has 1 saturated heterocycles. The van der Waals surface area contributed by atoms with Gasteiger partial charge in [-0.05, 0) is 31.0 Å². The van der Waals surface area contributed by atoms with Crippen molar-refractivity contribution >= 4 is 11.9 Å². The van der Waals surface area contributed by atoms with Gasteiger partial charge in [0.2, 0.25) is 11.9 Å². The molecule has 1 aliphatic heterocycles. The fourth-order valence-corrected chi connectivity index (χ4v) is 2.52. The molecule has 5 nitrogen and oxygen atoms in total. The average molecular weight is 275 g/mol. The Morgan fingerprint density at radius 2 is 1.85 bits per heavy atom. The summed E-state index contributed by atoms with van der Waals surface area (Å²) in [5.74, 6) is 0.609. The Morgan fingerprint density at radius 1 is 1.10 bits per heavy atom. The van der Waals surface area contributed by atoms with E-state index in [-0.39, 0.29) is 11.8 Å². The largest absolute Gasteiger partial charge is 0.368 e. The molecule has 3 rings (SSSR count). The van der Waals surface area contributed by atoms with Gasteiger partial charge in [0, 0.05) is 13.1 Å². The van der Waals surface area contributed by atoms with Crippen LogP contribution in [0.5, 0.6) is 0 Å². The maximum Gasteiger partial charge on any atom is 0.246 e. The molecular weight excluding hydrogens is 257 g/mol. The molecule has 0 atom stereocenters. The highest BCUT2D eigenvalue weighted by atomic mass is 19.1. The van der Waals surface area contributed by atoms with Gasteiger partial charge in [0.25, 0.3) is 0 Å². The zero-order valence-electron chi connectivity index (χ0n) is 11.3. The van der Waals surface area contributed by atoms with Crippen molar-refractivity contribution in [2.75, 3.05) is 23.7 Å². The van der Waals surface area contributed by atoms with Crippen LogP contribution in [0.25, 0.3) is 5.69 Å². The molecule has 0 saturated carbocycles. The van der Waals surface area contributed by atoms with Crippen molar-refractivity contribution in [3.63, 3.8) is 0 Å². The molecule has 0 spiro atoms. The van der Waals surface area contributed by atoms with Gasteiger partial charge in [-0.2, -0.15) is 9.67 Å². The minimum Gasteiger partial charge on any atom is -0.368 e. The summed E-state index contributed by atoms with van der Waals surface area (Å²) in [5, 5.41) is 4.43. The Hall–Kier alpha value is -2.11. The van der Waals surface area contributed by atoms with Gasteiger partial charge < -0.3 is 10.6 Å². The van der Waals surface area contributed by atoms with Gasteiger partial charge in [-0.15, -0.1) is 5.10 Å². The number of benzene rings is 1. The van der Waals surface area contributed by atoms with Crippen molar-refractivity contribution in [1.29, 1.82) is 0 Å². The standard InChI is InChI=1S/C14H18FN5/c15-11-6-5-7-12(10-11)20-13(16)17-14(18-20)19-8-3-1-2-4-9-19/h5-7,10H,1-4,8-9H2,(H2,16,17,18). The molecule has 0 aliphatic carbocycles. The van der Waals surface area contributed by atoms with Crippen molar-refractivity contribution in [1.82, 2.24) is 14.8 Å². The molecule has 0 amide bonds. The van der Waals surface area contributed by atoms with E-state index in [1.54, 1.807) is 12.1 Å². The first-order valence-electron chi connectivity index (χ1n) is 6.97. The van der Waals surface area contributed by atoms with E-state index in [9.17, 15) is 4.39 Å². The average Bonchev–Trinajstić information content (AvgIpc) is 2.65. The molecule has 1 aliphatic rings. The summed E-state index contributed by atoms with van der Waals surface area (Å²) in [4.78, 5) is 6.47. The molecule has 6 heteroatoms. The third kappa shape index (κ3) is 2.59. The number of nitrogens with zero attached hydrogens (tertiary/aromatic N) is 4. The van der Waals surface area contributed by atoms with Gasteiger partial charge in [-0.3, -0.25) is 0 Å². The molecule has 0 unspecified atom stereocenters. The highest BCUT2D eigenvalue weighted by molar-refractivity contribution is 5.43. The van der Waals surface area contributed by atoms with Gasteiger partial charge in [-0.25, -0.2) is 4.39 Å². The molecule has 2 N–H and O–H groups in total. The monoisotopic (exact) mass is 275 g/mol. The molecular formula is C14H18FN5. The maximum absolute atomic E-state index is 13.3. The summed E-state index contributed by atoms with van der Waals surface area (Å²) >= 11 is 0. The zero-order valence-corrected chi connectivity index (χ0v) is 11.3. The summed E-state index contributed by atoms with van der Waals surface area (Å²) in [6.45, 7) is 1.90. The second-order valence-corrected chi connectivity index (χ2v) is 5.06. The van der Waals surface area contributed by atoms with Crippen molar-refractivity contribution in [2.24, 2.45) is 0 Å². The molecule has 1 aromatic carbocycles. The Balaban J connectivity index is 1.90. The van der Waals surface area contributed by atoms with Crippen LogP contribution in [0.15, 0.2) is 24.3 Å². The van der Waals surface area contributed by atoms with Crippen LogP contribution >= 0.6 is 0 Å². The highest BCUT2D eigenvalue weighted by Crippen LogP contribution is 2.20. The number of anilines is 2. The Morgan fingerprint density at radius 3 is 2.55 bits per heavy atom. The van der Waals surface area contributed by atoms with Gasteiger partial charge in [0.05, 0.1) is 5.69 Å². The smallest absolute Gasteiger partial charge is 0.246 e. The fraction of sp³-hybridized carbons (Fsp3) is 0.429. The van der Waals surface area contributed by atoms with Gasteiger partial charge in [0.1, 0.15) is 5.82 Å². The molecule has 1 aromatic heterocycles. The van der Waals surface area contributed by atoms with E-state index < -0.39 is 0 Å². The number of aromatic nitrogens is 3. The van der Waals surface area contributed by atoms with Crippen LogP contribution in [0.4, 0.5) is 16.3 Å². The Bertz CT molecular complexity index is 587. The molecule has 2 aromatic rings. The van der Waals surface area contributed by atoms with Crippen LogP contribution in [-0.2, 0) is 0 Å². The lowest BCUT2D eigenvalue weighted by Gasteiger charge is -2.17. The Labute approximate surface area is 117 Å². The van der Waals surface area contributed by atoms with Crippen LogP contribution in [0, 0.1) is 5.82 Å². The maximum atomic E-state index is 13.3. The molecule has 0 radical (unpaired) electrons. The first-order valence-corrected chi connectivity index (χ1v) is 6.97. The van der Waals surface area contributed by atoms with E-state index in [1.807, 2.05) is 0 Å². The van der Waals surface area contributed by atoms with Crippen LogP contribution in [0.3, 0.4) is 0 Å². The van der Waals surface area contributed by atoms with Crippen LogP contribution in [-0.4, -0.2) is 27.9 Å². The van der Waals surface area contributed by atoms with Gasteiger partial charge >= 0.3 is 0 Å². The summed E-state index contributed by atoms with van der Waals surface area (Å²) in [5.41, 5.74) is 6.50. The van der Waals surface area contributed by atoms with Gasteiger partial charge in [0.15, 0.2) is 0 Å². The summed E-state index contributed by atoms with van der Waals surface area (Å²) in [6, 6.07) is 6.20. The lowest BCUT2D eigenvalue weighted by atomic mass is 10.2.